The number of hydrogen-bond acceptors (Lipinski definition) is 8. The Hall–Kier alpha value is -4.12. The predicted molar refractivity (Wildman–Crippen MR) is 106 cm³/mol. The third kappa shape index (κ3) is 3.05. The molecule has 8 heteroatoms. The van der Waals surface area contributed by atoms with Gasteiger partial charge in [0.1, 0.15) is 29.6 Å². The molecule has 1 aromatic carbocycles. The number of rotatable bonds is 4. The minimum atomic E-state index is -0.310. The van der Waals surface area contributed by atoms with Crippen molar-refractivity contribution in [3.63, 3.8) is 0 Å². The zero-order chi connectivity index (χ0) is 19.5. The highest BCUT2D eigenvalue weighted by molar-refractivity contribution is 5.94. The Labute approximate surface area is 161 Å². The molecule has 0 radical (unpaired) electrons. The van der Waals surface area contributed by atoms with Gasteiger partial charge in [0, 0.05) is 17.1 Å². The van der Waals surface area contributed by atoms with Crippen molar-refractivity contribution in [3.05, 3.63) is 66.2 Å². The Morgan fingerprint density at radius 1 is 1.04 bits per heavy atom. The lowest BCUT2D eigenvalue weighted by atomic mass is 10.00. The molecule has 0 saturated carbocycles. The molecule has 3 heterocycles. The summed E-state index contributed by atoms with van der Waals surface area (Å²) in [5, 5.41) is 22.3. The van der Waals surface area contributed by atoms with E-state index in [0.29, 0.717) is 11.5 Å². The molecule has 8 nitrogen and oxygen atoms in total. The molecule has 4 aromatic rings. The SMILES string of the molecule is C[C@H](Nc1ncnc(N)c1C#N)c1nnc2ccccc2c1-c1ccccn1. The number of nitrogens with two attached hydrogens (primary N) is 1. The first kappa shape index (κ1) is 17.3. The Bertz CT molecular complexity index is 1180. The fourth-order valence-corrected chi connectivity index (χ4v) is 3.04. The quantitative estimate of drug-likeness (QED) is 0.562. The summed E-state index contributed by atoms with van der Waals surface area (Å²) in [4.78, 5) is 12.5. The van der Waals surface area contributed by atoms with Crippen LogP contribution >= 0.6 is 0 Å². The van der Waals surface area contributed by atoms with Crippen LogP contribution in [0.3, 0.4) is 0 Å². The normalized spacial score (nSPS) is 11.7. The van der Waals surface area contributed by atoms with Crippen LogP contribution in [0.1, 0.15) is 24.2 Å². The molecule has 0 unspecified atom stereocenters. The monoisotopic (exact) mass is 368 g/mol. The summed E-state index contributed by atoms with van der Waals surface area (Å²) in [5.41, 5.74) is 9.13. The highest BCUT2D eigenvalue weighted by atomic mass is 15.1. The number of anilines is 2. The smallest absolute Gasteiger partial charge is 0.150 e. The molecule has 0 bridgehead atoms. The van der Waals surface area contributed by atoms with E-state index >= 15 is 0 Å². The van der Waals surface area contributed by atoms with Crippen LogP contribution in [0.2, 0.25) is 0 Å². The van der Waals surface area contributed by atoms with Gasteiger partial charge in [-0.1, -0.05) is 24.3 Å². The third-order valence-corrected chi connectivity index (χ3v) is 4.37. The number of nitrogens with one attached hydrogen (secondary N) is 1. The maximum Gasteiger partial charge on any atom is 0.150 e. The van der Waals surface area contributed by atoms with Crippen molar-refractivity contribution in [2.75, 3.05) is 11.1 Å². The third-order valence-electron chi connectivity index (χ3n) is 4.37. The van der Waals surface area contributed by atoms with Crippen molar-refractivity contribution in [3.8, 4) is 17.3 Å². The zero-order valence-electron chi connectivity index (χ0n) is 15.0. The first-order valence-electron chi connectivity index (χ1n) is 8.63. The van der Waals surface area contributed by atoms with Gasteiger partial charge in [-0.3, -0.25) is 4.98 Å². The first-order valence-corrected chi connectivity index (χ1v) is 8.63. The van der Waals surface area contributed by atoms with Gasteiger partial charge in [-0.05, 0) is 25.1 Å². The van der Waals surface area contributed by atoms with E-state index in [1.807, 2.05) is 55.5 Å². The molecular formula is C20H16N8. The van der Waals surface area contributed by atoms with Gasteiger partial charge in [-0.2, -0.15) is 15.5 Å². The molecule has 1 atom stereocenters. The van der Waals surface area contributed by atoms with E-state index in [1.165, 1.54) is 6.33 Å². The molecule has 28 heavy (non-hydrogen) atoms. The molecule has 0 amide bonds. The van der Waals surface area contributed by atoms with Crippen LogP contribution in [0.4, 0.5) is 11.6 Å². The Morgan fingerprint density at radius 2 is 1.86 bits per heavy atom. The first-order chi connectivity index (χ1) is 13.7. The molecule has 0 fully saturated rings. The zero-order valence-corrected chi connectivity index (χ0v) is 15.0. The van der Waals surface area contributed by atoms with Crippen molar-refractivity contribution in [2.24, 2.45) is 0 Å². The van der Waals surface area contributed by atoms with E-state index in [9.17, 15) is 5.26 Å². The highest BCUT2D eigenvalue weighted by Crippen LogP contribution is 2.33. The molecule has 0 aliphatic rings. The maximum atomic E-state index is 9.37. The van der Waals surface area contributed by atoms with Gasteiger partial charge in [-0.25, -0.2) is 9.97 Å². The molecule has 0 saturated heterocycles. The average molecular weight is 368 g/mol. The lowest BCUT2D eigenvalue weighted by Crippen LogP contribution is -2.14. The fourth-order valence-electron chi connectivity index (χ4n) is 3.04. The van der Waals surface area contributed by atoms with E-state index in [4.69, 9.17) is 5.73 Å². The van der Waals surface area contributed by atoms with Crippen LogP contribution in [0.15, 0.2) is 55.0 Å². The second kappa shape index (κ2) is 7.25. The van der Waals surface area contributed by atoms with Gasteiger partial charge in [-0.15, -0.1) is 0 Å². The van der Waals surface area contributed by atoms with Gasteiger partial charge in [0.25, 0.3) is 0 Å². The number of nitrogen functional groups attached to an aromatic ring is 1. The van der Waals surface area contributed by atoms with Crippen LogP contribution in [0.25, 0.3) is 22.2 Å². The van der Waals surface area contributed by atoms with Gasteiger partial charge in [0.15, 0.2) is 0 Å². The summed E-state index contributed by atoms with van der Waals surface area (Å²) < 4.78 is 0. The number of nitriles is 1. The van der Waals surface area contributed by atoms with E-state index in [0.717, 1.165) is 22.2 Å². The lowest BCUT2D eigenvalue weighted by molar-refractivity contribution is 0.803. The Kier molecular flexibility index (Phi) is 4.48. The molecule has 3 aromatic heterocycles. The molecule has 136 valence electrons. The second-order valence-electron chi connectivity index (χ2n) is 6.15. The van der Waals surface area contributed by atoms with Crippen molar-refractivity contribution in [1.82, 2.24) is 25.1 Å². The van der Waals surface area contributed by atoms with Crippen molar-refractivity contribution >= 4 is 22.5 Å². The van der Waals surface area contributed by atoms with Crippen molar-refractivity contribution < 1.29 is 0 Å². The summed E-state index contributed by atoms with van der Waals surface area (Å²) >= 11 is 0. The number of fused-ring (bicyclic) bond motifs is 1. The predicted octanol–water partition coefficient (Wildman–Crippen LogP) is 3.11. The second-order valence-corrected chi connectivity index (χ2v) is 6.15. The van der Waals surface area contributed by atoms with E-state index in [1.54, 1.807) is 6.20 Å². The van der Waals surface area contributed by atoms with Crippen molar-refractivity contribution in [2.45, 2.75) is 13.0 Å². The largest absolute Gasteiger partial charge is 0.382 e. The summed E-state index contributed by atoms with van der Waals surface area (Å²) in [6.07, 6.45) is 3.06. The molecular weight excluding hydrogens is 352 g/mol. The molecule has 4 rings (SSSR count). The number of pyridine rings is 1. The summed E-state index contributed by atoms with van der Waals surface area (Å²) in [7, 11) is 0. The lowest BCUT2D eigenvalue weighted by Gasteiger charge is -2.18. The number of aromatic nitrogens is 5. The number of nitrogens with zero attached hydrogens (tertiary/aromatic N) is 6. The topological polar surface area (TPSA) is 126 Å². The molecule has 0 aliphatic carbocycles. The Morgan fingerprint density at radius 3 is 2.64 bits per heavy atom. The van der Waals surface area contributed by atoms with Gasteiger partial charge >= 0.3 is 0 Å². The van der Waals surface area contributed by atoms with E-state index < -0.39 is 0 Å². The molecule has 0 spiro atoms. The van der Waals surface area contributed by atoms with Crippen LogP contribution in [-0.4, -0.2) is 25.1 Å². The summed E-state index contributed by atoms with van der Waals surface area (Å²) in [6, 6.07) is 15.2. The Balaban J connectivity index is 1.85. The summed E-state index contributed by atoms with van der Waals surface area (Å²) in [6.45, 7) is 1.92. The van der Waals surface area contributed by atoms with Crippen LogP contribution in [0.5, 0.6) is 0 Å². The number of hydrogen-bond donors (Lipinski definition) is 2. The maximum absolute atomic E-state index is 9.37. The highest BCUT2D eigenvalue weighted by Gasteiger charge is 2.20. The molecule has 3 N–H and O–H groups in total. The van der Waals surface area contributed by atoms with Gasteiger partial charge in [0.2, 0.25) is 0 Å². The molecule has 0 aliphatic heterocycles. The van der Waals surface area contributed by atoms with Crippen molar-refractivity contribution in [1.29, 1.82) is 5.26 Å². The number of benzene rings is 1. The average Bonchev–Trinajstić information content (AvgIpc) is 2.73. The van der Waals surface area contributed by atoms with Gasteiger partial charge in [0.05, 0.1) is 22.9 Å². The van der Waals surface area contributed by atoms with Crippen LogP contribution in [-0.2, 0) is 0 Å². The minimum Gasteiger partial charge on any atom is -0.382 e. The van der Waals surface area contributed by atoms with Crippen LogP contribution in [0, 0.1) is 11.3 Å². The van der Waals surface area contributed by atoms with Gasteiger partial charge < -0.3 is 11.1 Å². The summed E-state index contributed by atoms with van der Waals surface area (Å²) in [5.74, 6) is 0.478. The van der Waals surface area contributed by atoms with Crippen LogP contribution < -0.4 is 11.1 Å². The standard InChI is InChI=1S/C20H16N8/c1-12(26-20-14(10-21)19(22)24-11-25-20)18-17(16-8-4-5-9-23-16)13-6-2-3-7-15(13)27-28-18/h2-9,11-12H,1H3,(H3,22,24,25,26)/t12-/m0/s1. The fraction of sp³-hybridized carbons (Fsp3) is 0.100. The van der Waals surface area contributed by atoms with E-state index in [2.05, 4.69) is 30.5 Å². The minimum absolute atomic E-state index is 0.127. The van der Waals surface area contributed by atoms with E-state index in [-0.39, 0.29) is 17.4 Å².